The zero-order valence-electron chi connectivity index (χ0n) is 13.4. The first-order valence-electron chi connectivity index (χ1n) is 7.61. The average molecular weight is 335 g/mol. The van der Waals surface area contributed by atoms with E-state index in [1.165, 1.54) is 6.20 Å². The van der Waals surface area contributed by atoms with E-state index in [2.05, 4.69) is 10.6 Å². The van der Waals surface area contributed by atoms with E-state index in [0.29, 0.717) is 18.6 Å². The summed E-state index contributed by atoms with van der Waals surface area (Å²) in [7, 11) is 1.78. The molecule has 1 aliphatic heterocycles. The standard InChI is InChI=1S/C16H18FN3O4/c1-8-7-24-15-12(19-4-3-18-2)11(17)5-9-13(15)20(8)6-10(14(9)21)16(22)23/h5-6,8,18-19H,3-4,7H2,1-2H3,(H,22,23)/t8-/m1/s1. The predicted molar refractivity (Wildman–Crippen MR) is 87.7 cm³/mol. The molecule has 1 aromatic heterocycles. The summed E-state index contributed by atoms with van der Waals surface area (Å²) in [6.07, 6.45) is 1.30. The number of ether oxygens (including phenoxy) is 1. The first kappa shape index (κ1) is 16.3. The maximum absolute atomic E-state index is 14.5. The normalized spacial score (nSPS) is 16.0. The summed E-state index contributed by atoms with van der Waals surface area (Å²) >= 11 is 0. The summed E-state index contributed by atoms with van der Waals surface area (Å²) in [5, 5.41) is 15.1. The van der Waals surface area contributed by atoms with Gasteiger partial charge in [-0.25, -0.2) is 9.18 Å². The molecule has 3 N–H and O–H groups in total. The molecule has 0 radical (unpaired) electrons. The monoisotopic (exact) mass is 335 g/mol. The van der Waals surface area contributed by atoms with Crippen molar-refractivity contribution in [1.29, 1.82) is 0 Å². The lowest BCUT2D eigenvalue weighted by Crippen LogP contribution is -2.27. The fraction of sp³-hybridized carbons (Fsp3) is 0.375. The van der Waals surface area contributed by atoms with Crippen molar-refractivity contribution in [3.63, 3.8) is 0 Å². The lowest BCUT2D eigenvalue weighted by Gasteiger charge is -2.28. The minimum Gasteiger partial charge on any atom is -0.487 e. The van der Waals surface area contributed by atoms with E-state index in [0.717, 1.165) is 6.07 Å². The van der Waals surface area contributed by atoms with Gasteiger partial charge in [0.15, 0.2) is 11.6 Å². The molecule has 1 aromatic carbocycles. The summed E-state index contributed by atoms with van der Waals surface area (Å²) in [6, 6.07) is 0.905. The third kappa shape index (κ3) is 2.48. The minimum atomic E-state index is -1.33. The molecule has 3 rings (SSSR count). The van der Waals surface area contributed by atoms with Gasteiger partial charge in [0.1, 0.15) is 17.9 Å². The van der Waals surface area contributed by atoms with Crippen LogP contribution >= 0.6 is 0 Å². The van der Waals surface area contributed by atoms with Gasteiger partial charge in [-0.05, 0) is 20.0 Å². The van der Waals surface area contributed by atoms with Crippen LogP contribution in [0.4, 0.5) is 10.1 Å². The second kappa shape index (κ2) is 6.12. The molecule has 7 nitrogen and oxygen atoms in total. The highest BCUT2D eigenvalue weighted by Crippen LogP contribution is 2.39. The number of aromatic carboxylic acids is 1. The lowest BCUT2D eigenvalue weighted by molar-refractivity contribution is 0.0694. The highest BCUT2D eigenvalue weighted by molar-refractivity contribution is 5.97. The number of aromatic nitrogens is 1. The van der Waals surface area contributed by atoms with E-state index in [1.54, 1.807) is 11.6 Å². The van der Waals surface area contributed by atoms with Crippen LogP contribution in [0.2, 0.25) is 0 Å². The van der Waals surface area contributed by atoms with Crippen LogP contribution in [0.3, 0.4) is 0 Å². The number of anilines is 1. The van der Waals surface area contributed by atoms with Gasteiger partial charge in [-0.15, -0.1) is 0 Å². The third-order valence-electron chi connectivity index (χ3n) is 4.07. The Morgan fingerprint density at radius 3 is 2.92 bits per heavy atom. The first-order valence-corrected chi connectivity index (χ1v) is 7.61. The first-order chi connectivity index (χ1) is 11.5. The molecule has 0 fully saturated rings. The molecule has 0 amide bonds. The van der Waals surface area contributed by atoms with Gasteiger partial charge in [-0.2, -0.15) is 0 Å². The van der Waals surface area contributed by atoms with E-state index < -0.39 is 17.2 Å². The highest BCUT2D eigenvalue weighted by atomic mass is 19.1. The second-order valence-corrected chi connectivity index (χ2v) is 5.73. The molecule has 0 aliphatic carbocycles. The molecule has 8 heteroatoms. The maximum Gasteiger partial charge on any atom is 0.341 e. The van der Waals surface area contributed by atoms with E-state index in [9.17, 15) is 19.1 Å². The fourth-order valence-electron chi connectivity index (χ4n) is 2.86. The summed E-state index contributed by atoms with van der Waals surface area (Å²) in [5.41, 5.74) is -0.496. The van der Waals surface area contributed by atoms with Crippen molar-refractivity contribution in [3.8, 4) is 5.75 Å². The Morgan fingerprint density at radius 1 is 1.50 bits per heavy atom. The van der Waals surface area contributed by atoms with Crippen molar-refractivity contribution in [1.82, 2.24) is 9.88 Å². The zero-order chi connectivity index (χ0) is 17.4. The third-order valence-corrected chi connectivity index (χ3v) is 4.07. The number of nitrogens with zero attached hydrogens (tertiary/aromatic N) is 1. The topological polar surface area (TPSA) is 92.6 Å². The van der Waals surface area contributed by atoms with Crippen LogP contribution in [0.25, 0.3) is 10.9 Å². The van der Waals surface area contributed by atoms with E-state index in [4.69, 9.17) is 4.74 Å². The second-order valence-electron chi connectivity index (χ2n) is 5.73. The maximum atomic E-state index is 14.5. The average Bonchev–Trinajstić information content (AvgIpc) is 2.54. The Bertz CT molecular complexity index is 878. The Kier molecular flexibility index (Phi) is 4.15. The molecule has 24 heavy (non-hydrogen) atoms. The summed E-state index contributed by atoms with van der Waals surface area (Å²) < 4.78 is 21.8. The molecule has 128 valence electrons. The number of halogens is 1. The Balaban J connectivity index is 2.30. The number of likely N-dealkylation sites (N-methyl/N-ethyl adjacent to an activating group) is 1. The van der Waals surface area contributed by atoms with Crippen LogP contribution in [-0.4, -0.2) is 42.4 Å². The van der Waals surface area contributed by atoms with Gasteiger partial charge in [0, 0.05) is 19.3 Å². The zero-order valence-corrected chi connectivity index (χ0v) is 13.4. The van der Waals surface area contributed by atoms with Crippen LogP contribution < -0.4 is 20.8 Å². The van der Waals surface area contributed by atoms with E-state index in [1.807, 2.05) is 6.92 Å². The minimum absolute atomic E-state index is 0.00752. The smallest absolute Gasteiger partial charge is 0.341 e. The Hall–Kier alpha value is -2.61. The molecule has 0 spiro atoms. The fourth-order valence-corrected chi connectivity index (χ4v) is 2.86. The van der Waals surface area contributed by atoms with Gasteiger partial charge in [0.2, 0.25) is 5.43 Å². The molecule has 0 saturated carbocycles. The van der Waals surface area contributed by atoms with Crippen LogP contribution in [0, 0.1) is 5.82 Å². The van der Waals surface area contributed by atoms with Crippen molar-refractivity contribution in [2.75, 3.05) is 32.1 Å². The molecule has 1 aliphatic rings. The summed E-state index contributed by atoms with van der Waals surface area (Å²) in [6.45, 7) is 3.20. The number of carboxylic acid groups (broad SMARTS) is 1. The SMILES string of the molecule is CNCCNc1c(F)cc2c(=O)c(C(=O)O)cn3c2c1OC[C@H]3C. The lowest BCUT2D eigenvalue weighted by atomic mass is 10.1. The number of hydrogen-bond donors (Lipinski definition) is 3. The van der Waals surface area contributed by atoms with Gasteiger partial charge in [0.05, 0.1) is 16.9 Å². The molecular formula is C16H18FN3O4. The molecule has 0 unspecified atom stereocenters. The molecular weight excluding hydrogens is 317 g/mol. The molecule has 0 bridgehead atoms. The van der Waals surface area contributed by atoms with Gasteiger partial charge in [0.25, 0.3) is 0 Å². The van der Waals surface area contributed by atoms with Crippen molar-refractivity contribution in [2.24, 2.45) is 0 Å². The van der Waals surface area contributed by atoms with Crippen molar-refractivity contribution in [2.45, 2.75) is 13.0 Å². The number of nitrogens with one attached hydrogen (secondary N) is 2. The van der Waals surface area contributed by atoms with Gasteiger partial charge in [-0.1, -0.05) is 0 Å². The van der Waals surface area contributed by atoms with E-state index >= 15 is 0 Å². The van der Waals surface area contributed by atoms with Gasteiger partial charge < -0.3 is 25.0 Å². The molecule has 1 atom stereocenters. The van der Waals surface area contributed by atoms with Crippen LogP contribution in [-0.2, 0) is 0 Å². The number of rotatable bonds is 5. The van der Waals surface area contributed by atoms with Crippen LogP contribution in [0.15, 0.2) is 17.1 Å². The quantitative estimate of drug-likeness (QED) is 0.716. The van der Waals surface area contributed by atoms with Crippen molar-refractivity contribution in [3.05, 3.63) is 33.9 Å². The van der Waals surface area contributed by atoms with Gasteiger partial charge >= 0.3 is 5.97 Å². The number of carboxylic acids is 1. The van der Waals surface area contributed by atoms with Crippen LogP contribution in [0.1, 0.15) is 23.3 Å². The van der Waals surface area contributed by atoms with Crippen LogP contribution in [0.5, 0.6) is 5.75 Å². The largest absolute Gasteiger partial charge is 0.487 e. The molecule has 0 saturated heterocycles. The number of pyridine rings is 1. The number of carbonyl (C=O) groups is 1. The Labute approximate surface area is 137 Å². The highest BCUT2D eigenvalue weighted by Gasteiger charge is 2.27. The molecule has 2 aromatic rings. The summed E-state index contributed by atoms with van der Waals surface area (Å²) in [4.78, 5) is 23.7. The Morgan fingerprint density at radius 2 is 2.25 bits per heavy atom. The summed E-state index contributed by atoms with van der Waals surface area (Å²) in [5.74, 6) is -1.73. The van der Waals surface area contributed by atoms with Gasteiger partial charge in [-0.3, -0.25) is 4.79 Å². The van der Waals surface area contributed by atoms with Crippen molar-refractivity contribution < 1.29 is 19.0 Å². The molecule has 2 heterocycles. The van der Waals surface area contributed by atoms with E-state index in [-0.39, 0.29) is 35.0 Å². The number of benzene rings is 1. The number of hydrogen-bond acceptors (Lipinski definition) is 5. The predicted octanol–water partition coefficient (Wildman–Crippen LogP) is 1.42. The van der Waals surface area contributed by atoms with Crippen molar-refractivity contribution >= 4 is 22.6 Å².